The van der Waals surface area contributed by atoms with Crippen LogP contribution in [-0.2, 0) is 10.0 Å². The Hall–Kier alpha value is -2.16. The predicted octanol–water partition coefficient (Wildman–Crippen LogP) is 2.67. The standard InChI is InChI=1S/C19H21FN2O4S/c20-15-5-3-14(4-6-15)17(22-9-1-2-10-22)12-21-27(23,24)16-7-8-18-19(11-16)26-13-25-18/h3-8,11,17,21H,1-2,9-10,12-13H2/t17-/m0/s1. The molecule has 144 valence electrons. The highest BCUT2D eigenvalue weighted by Gasteiger charge is 2.26. The largest absolute Gasteiger partial charge is 0.454 e. The van der Waals surface area contributed by atoms with E-state index in [-0.39, 0.29) is 30.1 Å². The van der Waals surface area contributed by atoms with Crippen LogP contribution in [0, 0.1) is 5.82 Å². The molecule has 6 nitrogen and oxygen atoms in total. The molecule has 1 atom stereocenters. The summed E-state index contributed by atoms with van der Waals surface area (Å²) >= 11 is 0. The number of sulfonamides is 1. The molecule has 2 aliphatic rings. The van der Waals surface area contributed by atoms with Gasteiger partial charge in [0.1, 0.15) is 5.82 Å². The Morgan fingerprint density at radius 3 is 2.48 bits per heavy atom. The molecule has 4 rings (SSSR count). The third-order valence-electron chi connectivity index (χ3n) is 4.96. The second kappa shape index (κ2) is 7.46. The van der Waals surface area contributed by atoms with Gasteiger partial charge in [0.15, 0.2) is 11.5 Å². The van der Waals surface area contributed by atoms with Crippen molar-refractivity contribution < 1.29 is 22.3 Å². The SMILES string of the molecule is O=S(=O)(NC[C@@H](c1ccc(F)cc1)N1CCCC1)c1ccc2c(c1)OCO2. The van der Waals surface area contributed by atoms with E-state index in [1.807, 2.05) is 0 Å². The van der Waals surface area contributed by atoms with Gasteiger partial charge in [-0.05, 0) is 55.8 Å². The minimum absolute atomic E-state index is 0.0911. The second-order valence-electron chi connectivity index (χ2n) is 6.68. The van der Waals surface area contributed by atoms with Crippen molar-refractivity contribution >= 4 is 10.0 Å². The van der Waals surface area contributed by atoms with E-state index >= 15 is 0 Å². The first-order valence-corrected chi connectivity index (χ1v) is 10.4. The van der Waals surface area contributed by atoms with Gasteiger partial charge in [0.2, 0.25) is 16.8 Å². The Kier molecular flexibility index (Phi) is 5.03. The van der Waals surface area contributed by atoms with Crippen molar-refractivity contribution in [2.24, 2.45) is 0 Å². The number of benzene rings is 2. The first-order chi connectivity index (χ1) is 13.0. The van der Waals surface area contributed by atoms with Crippen LogP contribution in [0.5, 0.6) is 11.5 Å². The van der Waals surface area contributed by atoms with Gasteiger partial charge in [-0.25, -0.2) is 17.5 Å². The number of halogens is 1. The normalized spacial score (nSPS) is 18.0. The van der Waals surface area contributed by atoms with E-state index < -0.39 is 10.0 Å². The molecule has 2 aromatic rings. The summed E-state index contributed by atoms with van der Waals surface area (Å²) in [5.41, 5.74) is 0.895. The van der Waals surface area contributed by atoms with Crippen molar-refractivity contribution in [1.82, 2.24) is 9.62 Å². The second-order valence-corrected chi connectivity index (χ2v) is 8.44. The maximum Gasteiger partial charge on any atom is 0.240 e. The van der Waals surface area contributed by atoms with Crippen molar-refractivity contribution in [3.63, 3.8) is 0 Å². The first-order valence-electron chi connectivity index (χ1n) is 8.92. The fraction of sp³-hybridized carbons (Fsp3) is 0.368. The van der Waals surface area contributed by atoms with E-state index in [2.05, 4.69) is 9.62 Å². The van der Waals surface area contributed by atoms with E-state index in [0.29, 0.717) is 11.5 Å². The van der Waals surface area contributed by atoms with Crippen LogP contribution in [-0.4, -0.2) is 39.7 Å². The summed E-state index contributed by atoms with van der Waals surface area (Å²) in [6, 6.07) is 10.7. The molecular formula is C19H21FN2O4S. The monoisotopic (exact) mass is 392 g/mol. The van der Waals surface area contributed by atoms with Crippen molar-refractivity contribution in [3.05, 3.63) is 53.8 Å². The van der Waals surface area contributed by atoms with Crippen molar-refractivity contribution in [2.45, 2.75) is 23.8 Å². The van der Waals surface area contributed by atoms with Crippen LogP contribution < -0.4 is 14.2 Å². The van der Waals surface area contributed by atoms with E-state index in [9.17, 15) is 12.8 Å². The molecular weight excluding hydrogens is 371 g/mol. The summed E-state index contributed by atoms with van der Waals surface area (Å²) in [5, 5.41) is 0. The topological polar surface area (TPSA) is 67.9 Å². The molecule has 0 unspecified atom stereocenters. The maximum atomic E-state index is 13.3. The average molecular weight is 392 g/mol. The van der Waals surface area contributed by atoms with Crippen molar-refractivity contribution in [2.75, 3.05) is 26.4 Å². The van der Waals surface area contributed by atoms with Gasteiger partial charge in [-0.3, -0.25) is 4.90 Å². The molecule has 0 radical (unpaired) electrons. The number of likely N-dealkylation sites (tertiary alicyclic amines) is 1. The van der Waals surface area contributed by atoms with Gasteiger partial charge < -0.3 is 9.47 Å². The fourth-order valence-corrected chi connectivity index (χ4v) is 4.57. The Morgan fingerprint density at radius 2 is 1.74 bits per heavy atom. The summed E-state index contributed by atoms with van der Waals surface area (Å²) in [6.07, 6.45) is 2.15. The van der Waals surface area contributed by atoms with Gasteiger partial charge in [-0.1, -0.05) is 12.1 Å². The summed E-state index contributed by atoms with van der Waals surface area (Å²) in [6.45, 7) is 2.10. The highest BCUT2D eigenvalue weighted by Crippen LogP contribution is 2.34. The number of fused-ring (bicyclic) bond motifs is 1. The molecule has 2 heterocycles. The number of nitrogens with zero attached hydrogens (tertiary/aromatic N) is 1. The molecule has 0 saturated carbocycles. The number of rotatable bonds is 6. The molecule has 1 fully saturated rings. The zero-order valence-electron chi connectivity index (χ0n) is 14.7. The van der Waals surface area contributed by atoms with Crippen LogP contribution in [0.3, 0.4) is 0 Å². The fourth-order valence-electron chi connectivity index (χ4n) is 3.51. The lowest BCUT2D eigenvalue weighted by Crippen LogP contribution is -2.36. The third kappa shape index (κ3) is 3.92. The van der Waals surface area contributed by atoms with E-state index in [1.54, 1.807) is 18.2 Å². The number of hydrogen-bond donors (Lipinski definition) is 1. The van der Waals surface area contributed by atoms with Gasteiger partial charge in [0.05, 0.1) is 4.90 Å². The number of ether oxygens (including phenoxy) is 2. The van der Waals surface area contributed by atoms with Gasteiger partial charge in [0, 0.05) is 18.7 Å². The van der Waals surface area contributed by atoms with Crippen LogP contribution in [0.25, 0.3) is 0 Å². The summed E-state index contributed by atoms with van der Waals surface area (Å²) < 4.78 is 52.0. The minimum atomic E-state index is -3.71. The van der Waals surface area contributed by atoms with Crippen LogP contribution in [0.1, 0.15) is 24.4 Å². The van der Waals surface area contributed by atoms with Gasteiger partial charge in [-0.15, -0.1) is 0 Å². The number of nitrogens with one attached hydrogen (secondary N) is 1. The van der Waals surface area contributed by atoms with Crippen LogP contribution in [0.2, 0.25) is 0 Å². The lowest BCUT2D eigenvalue weighted by molar-refractivity contribution is 0.174. The van der Waals surface area contributed by atoms with Gasteiger partial charge in [-0.2, -0.15) is 0 Å². The zero-order chi connectivity index (χ0) is 18.9. The zero-order valence-corrected chi connectivity index (χ0v) is 15.5. The molecule has 2 aliphatic heterocycles. The Balaban J connectivity index is 1.53. The Labute approximate surface area is 157 Å². The quantitative estimate of drug-likeness (QED) is 0.819. The molecule has 1 saturated heterocycles. The van der Waals surface area contributed by atoms with Crippen LogP contribution in [0.15, 0.2) is 47.4 Å². The van der Waals surface area contributed by atoms with Crippen molar-refractivity contribution in [1.29, 1.82) is 0 Å². The highest BCUT2D eigenvalue weighted by molar-refractivity contribution is 7.89. The average Bonchev–Trinajstić information content (AvgIpc) is 3.34. The predicted molar refractivity (Wildman–Crippen MR) is 97.7 cm³/mol. The Bertz CT molecular complexity index is 912. The summed E-state index contributed by atoms with van der Waals surface area (Å²) in [7, 11) is -3.71. The lowest BCUT2D eigenvalue weighted by atomic mass is 10.1. The third-order valence-corrected chi connectivity index (χ3v) is 6.38. The van der Waals surface area contributed by atoms with Crippen LogP contribution in [0.4, 0.5) is 4.39 Å². The van der Waals surface area contributed by atoms with Crippen LogP contribution >= 0.6 is 0 Å². The first kappa shape index (κ1) is 18.2. The molecule has 27 heavy (non-hydrogen) atoms. The molecule has 0 aliphatic carbocycles. The van der Waals surface area contributed by atoms with Gasteiger partial charge in [0.25, 0.3) is 0 Å². The number of hydrogen-bond acceptors (Lipinski definition) is 5. The van der Waals surface area contributed by atoms with E-state index in [4.69, 9.17) is 9.47 Å². The molecule has 0 bridgehead atoms. The smallest absolute Gasteiger partial charge is 0.240 e. The highest BCUT2D eigenvalue weighted by atomic mass is 32.2. The summed E-state index contributed by atoms with van der Waals surface area (Å²) in [5.74, 6) is 0.655. The molecule has 0 aromatic heterocycles. The molecule has 0 amide bonds. The Morgan fingerprint density at radius 1 is 1.04 bits per heavy atom. The van der Waals surface area contributed by atoms with E-state index in [0.717, 1.165) is 31.5 Å². The molecule has 1 N–H and O–H groups in total. The molecule has 8 heteroatoms. The lowest BCUT2D eigenvalue weighted by Gasteiger charge is -2.28. The van der Waals surface area contributed by atoms with Crippen molar-refractivity contribution in [3.8, 4) is 11.5 Å². The summed E-state index contributed by atoms with van der Waals surface area (Å²) in [4.78, 5) is 2.36. The maximum absolute atomic E-state index is 13.3. The van der Waals surface area contributed by atoms with E-state index in [1.165, 1.54) is 24.3 Å². The minimum Gasteiger partial charge on any atom is -0.454 e. The molecule has 0 spiro atoms. The molecule has 2 aromatic carbocycles. The van der Waals surface area contributed by atoms with Gasteiger partial charge >= 0.3 is 0 Å².